The number of halogens is 3. The third-order valence-electron chi connectivity index (χ3n) is 7.74. The van der Waals surface area contributed by atoms with Gasteiger partial charge in [0.2, 0.25) is 0 Å². The Hall–Kier alpha value is -5.10. The normalized spacial score (nSPS) is 11.7. The summed E-state index contributed by atoms with van der Waals surface area (Å²) in [5.74, 6) is -2.54. The predicted molar refractivity (Wildman–Crippen MR) is 185 cm³/mol. The number of aryl methyl sites for hydroxylation is 2. The van der Waals surface area contributed by atoms with Crippen molar-refractivity contribution in [2.75, 3.05) is 38.4 Å². The van der Waals surface area contributed by atoms with Crippen LogP contribution in [0.1, 0.15) is 39.0 Å². The van der Waals surface area contributed by atoms with E-state index in [1.54, 1.807) is 6.07 Å². The molecule has 1 heterocycles. The average molecular weight is 755 g/mol. The summed E-state index contributed by atoms with van der Waals surface area (Å²) in [6.45, 7) is 3.16. The largest absolute Gasteiger partial charge is 0.493 e. The third-order valence-corrected chi connectivity index (χ3v) is 9.30. The van der Waals surface area contributed by atoms with Crippen LogP contribution in [0.3, 0.4) is 0 Å². The number of rotatable bonds is 18. The number of carbonyl (C=O) groups is 1. The number of ether oxygens (including phenoxy) is 5. The molecule has 1 aromatic heterocycles. The van der Waals surface area contributed by atoms with Crippen molar-refractivity contribution in [2.45, 2.75) is 50.1 Å². The number of imidazole rings is 1. The minimum atomic E-state index is -5.61. The molecule has 284 valence electrons. The quantitative estimate of drug-likeness (QED) is 0.0996. The van der Waals surface area contributed by atoms with Gasteiger partial charge in [-0.25, -0.2) is 9.59 Å². The fraction of sp³-hybridized carbons (Fsp3) is 0.412. The number of aromatic nitrogens is 2. The van der Waals surface area contributed by atoms with E-state index in [0.717, 1.165) is 48.4 Å². The van der Waals surface area contributed by atoms with Crippen molar-refractivity contribution < 1.29 is 54.9 Å². The van der Waals surface area contributed by atoms with Gasteiger partial charge in [-0.3, -0.25) is 9.13 Å². The predicted octanol–water partition coefficient (Wildman–Crippen LogP) is 5.59. The first kappa shape index (κ1) is 39.7. The van der Waals surface area contributed by atoms with E-state index in [9.17, 15) is 31.2 Å². The molecule has 18 heteroatoms. The number of nitrogens with two attached hydrogens (primary N) is 1. The van der Waals surface area contributed by atoms with Crippen molar-refractivity contribution in [1.29, 1.82) is 0 Å². The molecule has 0 aliphatic heterocycles. The molecule has 4 rings (SSSR count). The molecule has 52 heavy (non-hydrogen) atoms. The molecule has 0 bridgehead atoms. The lowest BCUT2D eigenvalue weighted by atomic mass is 10.2. The number of fused-ring (bicyclic) bond motifs is 1. The first-order chi connectivity index (χ1) is 24.7. The third kappa shape index (κ3) is 9.03. The number of carbonyl (C=O) groups excluding carboxylic acids is 1. The molecule has 2 N–H and O–H groups in total. The Morgan fingerprint density at radius 2 is 1.40 bits per heavy atom. The molecule has 0 fully saturated rings. The first-order valence-electron chi connectivity index (χ1n) is 16.2. The minimum absolute atomic E-state index is 0.0267. The SMILES string of the molecule is CCCOc1cc(OCCCCCCN)cc(Oc2cc3c(cc2N(OC(=O)C(F)(F)F)S(=O)(=O)c2ccc(OC)c(OC)c2)n(C)c(=O)n3C)c1. The second-order valence-corrected chi connectivity index (χ2v) is 13.2. The molecule has 0 saturated carbocycles. The first-order valence-corrected chi connectivity index (χ1v) is 17.6. The van der Waals surface area contributed by atoms with Gasteiger partial charge in [0, 0.05) is 44.4 Å². The maximum absolute atomic E-state index is 14.2. The number of alkyl halides is 3. The summed E-state index contributed by atoms with van der Waals surface area (Å²) < 4.78 is 99.9. The van der Waals surface area contributed by atoms with Crippen molar-refractivity contribution in [3.63, 3.8) is 0 Å². The van der Waals surface area contributed by atoms with Crippen LogP contribution in [-0.2, 0) is 33.8 Å². The van der Waals surface area contributed by atoms with E-state index in [4.69, 9.17) is 29.4 Å². The molecule has 0 unspecified atom stereocenters. The number of methoxy groups -OCH3 is 2. The molecule has 0 saturated heterocycles. The lowest BCUT2D eigenvalue weighted by Crippen LogP contribution is -2.39. The molecule has 0 aliphatic carbocycles. The molecule has 0 radical (unpaired) electrons. The van der Waals surface area contributed by atoms with Crippen LogP contribution in [-0.4, -0.2) is 63.7 Å². The lowest BCUT2D eigenvalue weighted by molar-refractivity contribution is -0.199. The summed E-state index contributed by atoms with van der Waals surface area (Å²) in [6, 6.07) is 10.1. The molecule has 0 atom stereocenters. The number of unbranched alkanes of at least 4 members (excludes halogenated alkanes) is 3. The van der Waals surface area contributed by atoms with Gasteiger partial charge in [-0.05, 0) is 44.0 Å². The zero-order valence-electron chi connectivity index (χ0n) is 29.3. The number of nitrogens with zero attached hydrogens (tertiary/aromatic N) is 3. The maximum atomic E-state index is 14.2. The fourth-order valence-corrected chi connectivity index (χ4v) is 6.33. The van der Waals surface area contributed by atoms with Crippen molar-refractivity contribution in [3.05, 3.63) is 59.0 Å². The fourth-order valence-electron chi connectivity index (χ4n) is 5.08. The van der Waals surface area contributed by atoms with Gasteiger partial charge >= 0.3 is 17.8 Å². The maximum Gasteiger partial charge on any atom is 0.493 e. The Labute approximate surface area is 298 Å². The monoisotopic (exact) mass is 754 g/mol. The minimum Gasteiger partial charge on any atom is -0.493 e. The van der Waals surface area contributed by atoms with Gasteiger partial charge < -0.3 is 34.3 Å². The number of anilines is 1. The van der Waals surface area contributed by atoms with E-state index >= 15 is 0 Å². The van der Waals surface area contributed by atoms with E-state index in [0.29, 0.717) is 37.7 Å². The summed E-state index contributed by atoms with van der Waals surface area (Å²) in [5.41, 5.74) is 4.63. The number of benzene rings is 3. The highest BCUT2D eigenvalue weighted by Crippen LogP contribution is 2.42. The molecular formula is C34H41F3N4O10S. The Kier molecular flexibility index (Phi) is 12.9. The van der Waals surface area contributed by atoms with Gasteiger partial charge in [0.05, 0.1) is 43.4 Å². The van der Waals surface area contributed by atoms with Crippen LogP contribution >= 0.6 is 0 Å². The zero-order valence-corrected chi connectivity index (χ0v) is 30.1. The summed E-state index contributed by atoms with van der Waals surface area (Å²) in [5, 5.41) is 0. The van der Waals surface area contributed by atoms with Crippen molar-refractivity contribution in [3.8, 4) is 34.5 Å². The van der Waals surface area contributed by atoms with Gasteiger partial charge in [-0.15, -0.1) is 0 Å². The standard InChI is InChI=1S/C34H41F3N4O10S/c1-6-14-48-22-16-23(49-15-10-8-7-9-13-38)18-24(17-22)50-30-21-27-26(39(2)33(43)40(27)3)20-28(30)41(51-32(42)34(35,36)37)52(44,45)25-11-12-29(46-4)31(19-25)47-5/h11-12,16-21H,6-10,13-15,38H2,1-5H3. The number of sulfonamides is 1. The zero-order chi connectivity index (χ0) is 38.2. The second kappa shape index (κ2) is 16.9. The van der Waals surface area contributed by atoms with Crippen LogP contribution in [0, 0.1) is 0 Å². The van der Waals surface area contributed by atoms with Crippen molar-refractivity contribution in [1.82, 2.24) is 9.13 Å². The van der Waals surface area contributed by atoms with Crippen molar-refractivity contribution in [2.24, 2.45) is 19.8 Å². The Morgan fingerprint density at radius 3 is 2.00 bits per heavy atom. The lowest BCUT2D eigenvalue weighted by Gasteiger charge is -2.25. The van der Waals surface area contributed by atoms with Crippen LogP contribution in [0.25, 0.3) is 11.0 Å². The number of hydrogen-bond acceptors (Lipinski definition) is 11. The van der Waals surface area contributed by atoms with Crippen LogP contribution in [0.15, 0.2) is 58.2 Å². The van der Waals surface area contributed by atoms with Gasteiger partial charge in [-0.1, -0.05) is 24.2 Å². The number of hydrogen-bond donors (Lipinski definition) is 1. The van der Waals surface area contributed by atoms with Crippen LogP contribution in [0.4, 0.5) is 18.9 Å². The molecule has 14 nitrogen and oxygen atoms in total. The highest BCUT2D eigenvalue weighted by Gasteiger charge is 2.46. The Balaban J connectivity index is 1.92. The average Bonchev–Trinajstić information content (AvgIpc) is 3.32. The smallest absolute Gasteiger partial charge is 0.493 e. The molecule has 3 aromatic carbocycles. The van der Waals surface area contributed by atoms with Gasteiger partial charge in [0.25, 0.3) is 10.0 Å². The van der Waals surface area contributed by atoms with E-state index in [1.165, 1.54) is 57.1 Å². The summed E-state index contributed by atoms with van der Waals surface area (Å²) in [7, 11) is 0.145. The highest BCUT2D eigenvalue weighted by molar-refractivity contribution is 7.92. The Morgan fingerprint density at radius 1 is 0.808 bits per heavy atom. The topological polar surface area (TPSA) is 163 Å². The van der Waals surface area contributed by atoms with E-state index < -0.39 is 44.2 Å². The van der Waals surface area contributed by atoms with Crippen molar-refractivity contribution >= 4 is 32.7 Å². The molecule has 0 amide bonds. The van der Waals surface area contributed by atoms with Crippen LogP contribution in [0.5, 0.6) is 34.5 Å². The summed E-state index contributed by atoms with van der Waals surface area (Å²) >= 11 is 0. The summed E-state index contributed by atoms with van der Waals surface area (Å²) in [4.78, 5) is 29.3. The molecular weight excluding hydrogens is 713 g/mol. The van der Waals surface area contributed by atoms with Crippen LogP contribution < -0.4 is 39.6 Å². The summed E-state index contributed by atoms with van der Waals surface area (Å²) in [6.07, 6.45) is -1.52. The van der Waals surface area contributed by atoms with Gasteiger partial charge in [0.1, 0.15) is 22.9 Å². The highest BCUT2D eigenvalue weighted by atomic mass is 32.2. The second-order valence-electron chi connectivity index (χ2n) is 11.5. The molecule has 0 aliphatic rings. The molecule has 0 spiro atoms. The van der Waals surface area contributed by atoms with E-state index in [1.807, 2.05) is 6.92 Å². The molecule has 4 aromatic rings. The van der Waals surface area contributed by atoms with E-state index in [-0.39, 0.29) is 32.8 Å². The van der Waals surface area contributed by atoms with E-state index in [2.05, 4.69) is 4.84 Å². The van der Waals surface area contributed by atoms with Gasteiger partial charge in [-0.2, -0.15) is 21.6 Å². The van der Waals surface area contributed by atoms with Gasteiger partial charge in [0.15, 0.2) is 17.2 Å². The Bertz CT molecular complexity index is 2050. The van der Waals surface area contributed by atoms with Crippen LogP contribution in [0.2, 0.25) is 0 Å².